The summed E-state index contributed by atoms with van der Waals surface area (Å²) >= 11 is 0. The van der Waals surface area contributed by atoms with Crippen LogP contribution in [0, 0.1) is 0 Å². The van der Waals surface area contributed by atoms with Gasteiger partial charge in [-0.15, -0.1) is 0 Å². The molecule has 0 aromatic heterocycles. The van der Waals surface area contributed by atoms with Gasteiger partial charge in [0, 0.05) is 19.1 Å². The van der Waals surface area contributed by atoms with E-state index < -0.39 is 6.61 Å². The second-order valence-corrected chi connectivity index (χ2v) is 7.30. The van der Waals surface area contributed by atoms with Crippen LogP contribution in [0.15, 0.2) is 24.3 Å². The van der Waals surface area contributed by atoms with E-state index in [-0.39, 0.29) is 35.6 Å². The lowest BCUT2D eigenvalue weighted by Gasteiger charge is -2.37. The van der Waals surface area contributed by atoms with E-state index in [1.54, 1.807) is 17.0 Å². The zero-order chi connectivity index (χ0) is 20.8. The number of carbonyl (C=O) groups is 2. The van der Waals surface area contributed by atoms with E-state index in [1.807, 2.05) is 4.90 Å². The average molecular weight is 411 g/mol. The van der Waals surface area contributed by atoms with Crippen LogP contribution in [-0.4, -0.2) is 60.3 Å². The Kier molecular flexibility index (Phi) is 7.11. The highest BCUT2D eigenvalue weighted by Crippen LogP contribution is 2.28. The number of hydrogen-bond donors (Lipinski definition) is 1. The van der Waals surface area contributed by atoms with Gasteiger partial charge in [-0.05, 0) is 31.4 Å². The lowest BCUT2D eigenvalue weighted by molar-refractivity contribution is -0.0493. The Balaban J connectivity index is 1.55. The number of piperidine rings is 1. The summed E-state index contributed by atoms with van der Waals surface area (Å²) in [7, 11) is 0. The third-order valence-corrected chi connectivity index (χ3v) is 5.38. The van der Waals surface area contributed by atoms with Gasteiger partial charge < -0.3 is 19.7 Å². The minimum Gasteiger partial charge on any atom is -0.447 e. The molecule has 29 heavy (non-hydrogen) atoms. The molecule has 0 spiro atoms. The first-order valence-corrected chi connectivity index (χ1v) is 10.0. The van der Waals surface area contributed by atoms with Gasteiger partial charge in [0.1, 0.15) is 12.4 Å². The van der Waals surface area contributed by atoms with Gasteiger partial charge in [-0.3, -0.25) is 4.90 Å². The molecular formula is C20H27F2N3O4. The summed E-state index contributed by atoms with van der Waals surface area (Å²) < 4.78 is 34.8. The second kappa shape index (κ2) is 9.76. The van der Waals surface area contributed by atoms with Crippen molar-refractivity contribution in [1.29, 1.82) is 0 Å². The number of nitrogens with zero attached hydrogens (tertiary/aromatic N) is 2. The van der Waals surface area contributed by atoms with Crippen molar-refractivity contribution in [3.63, 3.8) is 0 Å². The number of cyclic esters (lactones) is 1. The van der Waals surface area contributed by atoms with Gasteiger partial charge in [0.15, 0.2) is 0 Å². The lowest BCUT2D eigenvalue weighted by Crippen LogP contribution is -2.50. The minimum absolute atomic E-state index is 0.0466. The smallest absolute Gasteiger partial charge is 0.410 e. The minimum atomic E-state index is -2.97. The number of carbonyl (C=O) groups excluding carboxylic acids is 2. The maximum atomic E-state index is 12.6. The number of nitrogens with one attached hydrogen (secondary N) is 1. The Labute approximate surface area is 168 Å². The Bertz CT molecular complexity index is 711. The predicted octanol–water partition coefficient (Wildman–Crippen LogP) is 4.30. The summed E-state index contributed by atoms with van der Waals surface area (Å²) in [6.07, 6.45) is 4.06. The van der Waals surface area contributed by atoms with E-state index in [1.165, 1.54) is 12.1 Å². The van der Waals surface area contributed by atoms with E-state index in [9.17, 15) is 18.4 Å². The number of benzene rings is 1. The molecule has 2 aliphatic heterocycles. The predicted molar refractivity (Wildman–Crippen MR) is 103 cm³/mol. The van der Waals surface area contributed by atoms with Crippen LogP contribution in [0.5, 0.6) is 5.75 Å². The Morgan fingerprint density at radius 1 is 1.31 bits per heavy atom. The molecule has 1 N–H and O–H groups in total. The first-order chi connectivity index (χ1) is 14.0. The molecule has 0 radical (unpaired) electrons. The molecule has 0 aliphatic carbocycles. The van der Waals surface area contributed by atoms with Gasteiger partial charge in [0.25, 0.3) is 0 Å². The molecule has 9 heteroatoms. The molecule has 1 atom stereocenters. The molecule has 2 heterocycles. The fourth-order valence-corrected chi connectivity index (χ4v) is 3.89. The number of rotatable bonds is 7. The summed E-state index contributed by atoms with van der Waals surface area (Å²) in [6, 6.07) is 5.86. The van der Waals surface area contributed by atoms with Crippen molar-refractivity contribution in [2.75, 3.05) is 25.0 Å². The van der Waals surface area contributed by atoms with Crippen LogP contribution in [-0.2, 0) is 4.74 Å². The van der Waals surface area contributed by atoms with Crippen molar-refractivity contribution in [1.82, 2.24) is 9.80 Å². The molecule has 0 bridgehead atoms. The van der Waals surface area contributed by atoms with Crippen molar-refractivity contribution < 1.29 is 27.8 Å². The molecular weight excluding hydrogens is 384 g/mol. The van der Waals surface area contributed by atoms with Gasteiger partial charge in [-0.1, -0.05) is 31.9 Å². The molecule has 3 amide bonds. The zero-order valence-electron chi connectivity index (χ0n) is 16.5. The Hall–Kier alpha value is -2.58. The molecule has 2 aliphatic rings. The quantitative estimate of drug-likeness (QED) is 0.726. The van der Waals surface area contributed by atoms with Gasteiger partial charge in [0.05, 0.1) is 11.7 Å². The van der Waals surface area contributed by atoms with E-state index in [0.29, 0.717) is 32.5 Å². The van der Waals surface area contributed by atoms with Crippen LogP contribution in [0.1, 0.15) is 39.0 Å². The topological polar surface area (TPSA) is 71.1 Å². The first-order valence-electron chi connectivity index (χ1n) is 10.0. The number of anilines is 1. The molecule has 2 saturated heterocycles. The number of para-hydroxylation sites is 2. The highest BCUT2D eigenvalue weighted by atomic mass is 19.3. The fraction of sp³-hybridized carbons (Fsp3) is 0.600. The normalized spacial score (nSPS) is 20.1. The van der Waals surface area contributed by atoms with Crippen molar-refractivity contribution >= 4 is 17.8 Å². The first kappa shape index (κ1) is 21.1. The van der Waals surface area contributed by atoms with E-state index in [0.717, 1.165) is 19.3 Å². The summed E-state index contributed by atoms with van der Waals surface area (Å²) in [6.45, 7) is 0.520. The number of alkyl halides is 2. The van der Waals surface area contributed by atoms with Crippen LogP contribution < -0.4 is 10.1 Å². The third kappa shape index (κ3) is 5.27. The maximum absolute atomic E-state index is 12.6. The van der Waals surface area contributed by atoms with Crippen molar-refractivity contribution in [2.24, 2.45) is 0 Å². The molecule has 2 fully saturated rings. The standard InChI is InChI=1S/C20H27F2N3O4/c1-2-3-6-15-13-28-20(27)25(15)14-9-11-24(12-10-14)19(26)23-16-7-4-5-8-17(16)29-18(21)22/h4-5,7-8,14-15,18H,2-3,6,9-13H2,1H3,(H,23,26). The third-order valence-electron chi connectivity index (χ3n) is 5.38. The molecule has 7 nitrogen and oxygen atoms in total. The lowest BCUT2D eigenvalue weighted by atomic mass is 10.0. The molecule has 160 valence electrons. The summed E-state index contributed by atoms with van der Waals surface area (Å²) in [5, 5.41) is 2.64. The van der Waals surface area contributed by atoms with Gasteiger partial charge in [-0.2, -0.15) is 8.78 Å². The van der Waals surface area contributed by atoms with Crippen molar-refractivity contribution in [3.8, 4) is 5.75 Å². The number of hydrogen-bond acceptors (Lipinski definition) is 4. The number of amides is 3. The SMILES string of the molecule is CCCCC1COC(=O)N1C1CCN(C(=O)Nc2ccccc2OC(F)F)CC1. The van der Waals surface area contributed by atoms with E-state index >= 15 is 0 Å². The van der Waals surface area contributed by atoms with Gasteiger partial charge >= 0.3 is 18.7 Å². The monoisotopic (exact) mass is 411 g/mol. The van der Waals surface area contributed by atoms with Crippen LogP contribution in [0.4, 0.5) is 24.1 Å². The Morgan fingerprint density at radius 2 is 2.03 bits per heavy atom. The van der Waals surface area contributed by atoms with E-state index in [2.05, 4.69) is 17.0 Å². The van der Waals surface area contributed by atoms with Crippen LogP contribution >= 0.6 is 0 Å². The highest BCUT2D eigenvalue weighted by molar-refractivity contribution is 5.91. The zero-order valence-corrected chi connectivity index (χ0v) is 16.5. The molecule has 3 rings (SSSR count). The fourth-order valence-electron chi connectivity index (χ4n) is 3.89. The number of ether oxygens (including phenoxy) is 2. The number of unbranched alkanes of at least 4 members (excludes halogenated alkanes) is 1. The number of urea groups is 1. The van der Waals surface area contributed by atoms with Crippen LogP contribution in [0.2, 0.25) is 0 Å². The molecule has 1 aromatic carbocycles. The van der Waals surface area contributed by atoms with Crippen molar-refractivity contribution in [3.05, 3.63) is 24.3 Å². The average Bonchev–Trinajstić information content (AvgIpc) is 3.08. The highest BCUT2D eigenvalue weighted by Gasteiger charge is 2.39. The Morgan fingerprint density at radius 3 is 2.72 bits per heavy atom. The largest absolute Gasteiger partial charge is 0.447 e. The second-order valence-electron chi connectivity index (χ2n) is 7.30. The molecule has 1 aromatic rings. The molecule has 1 unspecified atom stereocenters. The van der Waals surface area contributed by atoms with Gasteiger partial charge in [0.2, 0.25) is 0 Å². The molecule has 0 saturated carbocycles. The summed E-state index contributed by atoms with van der Waals surface area (Å²) in [4.78, 5) is 28.2. The summed E-state index contributed by atoms with van der Waals surface area (Å²) in [5.74, 6) is -0.0793. The van der Waals surface area contributed by atoms with Crippen molar-refractivity contribution in [2.45, 2.75) is 57.7 Å². The maximum Gasteiger partial charge on any atom is 0.410 e. The number of likely N-dealkylation sites (tertiary alicyclic amines) is 1. The van der Waals surface area contributed by atoms with Gasteiger partial charge in [-0.25, -0.2) is 9.59 Å². The number of halogens is 2. The van der Waals surface area contributed by atoms with E-state index in [4.69, 9.17) is 4.74 Å². The van der Waals surface area contributed by atoms with Crippen LogP contribution in [0.3, 0.4) is 0 Å². The van der Waals surface area contributed by atoms with Crippen LogP contribution in [0.25, 0.3) is 0 Å². The summed E-state index contributed by atoms with van der Waals surface area (Å²) in [5.41, 5.74) is 0.197.